The molecule has 1 saturated carbocycles. The van der Waals surface area contributed by atoms with E-state index in [1.807, 2.05) is 60.7 Å². The van der Waals surface area contributed by atoms with Crippen LogP contribution in [0.5, 0.6) is 5.75 Å². The van der Waals surface area contributed by atoms with Gasteiger partial charge < -0.3 is 37.2 Å². The average Bonchev–Trinajstić information content (AvgIpc) is 3.98. The zero-order valence-corrected chi connectivity index (χ0v) is 28.6. The molecule has 5 amide bonds. The monoisotopic (exact) mass is 741 g/mol. The Kier molecular flexibility index (Phi) is 16.1. The van der Waals surface area contributed by atoms with Crippen LogP contribution in [0.25, 0.3) is 0 Å². The molecule has 0 saturated heterocycles. The van der Waals surface area contributed by atoms with Crippen LogP contribution in [0.3, 0.4) is 0 Å². The lowest BCUT2D eigenvalue weighted by Crippen LogP contribution is -2.48. The van der Waals surface area contributed by atoms with Gasteiger partial charge in [-0.1, -0.05) is 72.8 Å². The molecule has 17 heteroatoms. The average molecular weight is 742 g/mol. The van der Waals surface area contributed by atoms with Gasteiger partial charge in [0.2, 0.25) is 17.7 Å². The molecule has 0 aliphatic heterocycles. The number of halogens is 3. The number of amides is 5. The fraction of sp³-hybridized carbons (Fsp3) is 0.333. The van der Waals surface area contributed by atoms with Gasteiger partial charge in [0, 0.05) is 32.1 Å². The van der Waals surface area contributed by atoms with Gasteiger partial charge in [-0.3, -0.25) is 24.7 Å². The number of hydrogen-bond donors (Lipinski definition) is 8. The van der Waals surface area contributed by atoms with Gasteiger partial charge in [0.15, 0.2) is 5.96 Å². The highest BCUT2D eigenvalue weighted by Gasteiger charge is 2.38. The standard InChI is InChI=1S/C34H41N7O5.C2HF3O2/c35-33(41-34(46)38-21-20-36-30(43)26-15-16-26)37-19-7-12-28(31(44)39-22-23-13-17-27(42)18-14-23)40-32(45)29(24-8-3-1-4-9-24)25-10-5-2-6-11-25;3-2(4,5)1(6)7/h1-6,8-11,13-14,17-18,26,28-29,42H,7,12,15-16,19-22H2,(H,36,43)(H,39,44)(H,40,45)(H4,35,37,38,41,46);(H,6,7)/t28-;/m1./s1. The van der Waals surface area contributed by atoms with Crippen molar-refractivity contribution in [1.29, 1.82) is 0 Å². The molecular formula is C36H42F3N7O7. The Labute approximate surface area is 303 Å². The summed E-state index contributed by atoms with van der Waals surface area (Å²) in [4.78, 5) is 64.0. The van der Waals surface area contributed by atoms with E-state index in [0.29, 0.717) is 13.0 Å². The normalized spacial score (nSPS) is 13.1. The van der Waals surface area contributed by atoms with Gasteiger partial charge in [-0.05, 0) is 54.5 Å². The van der Waals surface area contributed by atoms with Crippen molar-refractivity contribution in [2.24, 2.45) is 16.6 Å². The smallest absolute Gasteiger partial charge is 0.490 e. The van der Waals surface area contributed by atoms with E-state index in [1.165, 1.54) is 12.1 Å². The molecule has 1 atom stereocenters. The zero-order valence-electron chi connectivity index (χ0n) is 28.6. The van der Waals surface area contributed by atoms with E-state index in [-0.39, 0.29) is 61.4 Å². The van der Waals surface area contributed by atoms with E-state index in [9.17, 15) is 37.5 Å². The molecule has 1 fully saturated rings. The minimum atomic E-state index is -5.08. The van der Waals surface area contributed by atoms with Crippen LogP contribution in [0.2, 0.25) is 0 Å². The number of guanidine groups is 1. The first kappa shape index (κ1) is 41.3. The topological polar surface area (TPSA) is 224 Å². The van der Waals surface area contributed by atoms with Gasteiger partial charge in [-0.15, -0.1) is 0 Å². The number of aromatic hydroxyl groups is 1. The Balaban J connectivity index is 0.000000980. The summed E-state index contributed by atoms with van der Waals surface area (Å²) in [6.45, 7) is 0.963. The summed E-state index contributed by atoms with van der Waals surface area (Å²) < 4.78 is 31.7. The largest absolute Gasteiger partial charge is 0.508 e. The summed E-state index contributed by atoms with van der Waals surface area (Å²) in [5.41, 5.74) is 8.24. The number of phenols is 1. The first-order chi connectivity index (χ1) is 25.2. The van der Waals surface area contributed by atoms with Crippen LogP contribution in [-0.4, -0.2) is 77.7 Å². The van der Waals surface area contributed by atoms with Crippen LogP contribution >= 0.6 is 0 Å². The number of aliphatic imine (C=N–C) groups is 1. The Morgan fingerprint density at radius 3 is 1.89 bits per heavy atom. The van der Waals surface area contributed by atoms with Gasteiger partial charge >= 0.3 is 18.2 Å². The minimum absolute atomic E-state index is 0.00228. The summed E-state index contributed by atoms with van der Waals surface area (Å²) in [7, 11) is 0. The number of urea groups is 1. The molecule has 1 aliphatic carbocycles. The molecule has 53 heavy (non-hydrogen) atoms. The summed E-state index contributed by atoms with van der Waals surface area (Å²) in [5.74, 6) is -3.95. The number of carbonyl (C=O) groups is 5. The molecule has 0 spiro atoms. The second-order valence-electron chi connectivity index (χ2n) is 11.9. The lowest BCUT2D eigenvalue weighted by atomic mass is 9.90. The molecule has 9 N–H and O–H groups in total. The molecule has 0 radical (unpaired) electrons. The predicted octanol–water partition coefficient (Wildman–Crippen LogP) is 2.88. The van der Waals surface area contributed by atoms with Crippen molar-refractivity contribution in [2.45, 2.75) is 50.4 Å². The molecule has 4 rings (SSSR count). The van der Waals surface area contributed by atoms with Crippen LogP contribution in [-0.2, 0) is 25.7 Å². The fourth-order valence-corrected chi connectivity index (χ4v) is 4.78. The number of hydrogen-bond acceptors (Lipinski definition) is 7. The third-order valence-electron chi connectivity index (χ3n) is 7.64. The van der Waals surface area contributed by atoms with E-state index in [0.717, 1.165) is 29.5 Å². The second-order valence-corrected chi connectivity index (χ2v) is 11.9. The van der Waals surface area contributed by atoms with Gasteiger partial charge in [-0.2, -0.15) is 13.2 Å². The highest BCUT2D eigenvalue weighted by molar-refractivity contribution is 5.95. The zero-order chi connectivity index (χ0) is 38.8. The lowest BCUT2D eigenvalue weighted by molar-refractivity contribution is -0.192. The molecule has 3 aromatic rings. The Bertz CT molecular complexity index is 1650. The Morgan fingerprint density at radius 2 is 1.36 bits per heavy atom. The maximum atomic E-state index is 13.8. The van der Waals surface area contributed by atoms with Gasteiger partial charge in [0.1, 0.15) is 11.8 Å². The molecule has 1 aliphatic rings. The second kappa shape index (κ2) is 20.7. The van der Waals surface area contributed by atoms with Crippen LogP contribution in [0.1, 0.15) is 48.3 Å². The predicted molar refractivity (Wildman–Crippen MR) is 188 cm³/mol. The van der Waals surface area contributed by atoms with Crippen molar-refractivity contribution < 1.29 is 47.4 Å². The number of nitrogens with one attached hydrogen (secondary N) is 5. The Hall–Kier alpha value is -6.13. The van der Waals surface area contributed by atoms with Gasteiger partial charge in [0.05, 0.1) is 5.92 Å². The summed E-state index contributed by atoms with van der Waals surface area (Å²) in [6.07, 6.45) is -2.62. The first-order valence-corrected chi connectivity index (χ1v) is 16.6. The number of rotatable bonds is 15. The number of alkyl halides is 3. The van der Waals surface area contributed by atoms with Gasteiger partial charge in [-0.25, -0.2) is 9.59 Å². The molecule has 0 unspecified atom stereocenters. The molecule has 14 nitrogen and oxygen atoms in total. The number of carboxylic acids is 1. The summed E-state index contributed by atoms with van der Waals surface area (Å²) in [6, 6.07) is 23.8. The summed E-state index contributed by atoms with van der Waals surface area (Å²) in [5, 5.41) is 30.3. The molecule has 3 aromatic carbocycles. The molecular weight excluding hydrogens is 699 g/mol. The van der Waals surface area contributed by atoms with Crippen molar-refractivity contribution >= 4 is 35.7 Å². The fourth-order valence-electron chi connectivity index (χ4n) is 4.78. The number of carbonyl (C=O) groups excluding carboxylic acids is 4. The Morgan fingerprint density at radius 1 is 0.811 bits per heavy atom. The van der Waals surface area contributed by atoms with Crippen molar-refractivity contribution in [3.8, 4) is 5.75 Å². The number of carboxylic acid groups (broad SMARTS) is 1. The highest BCUT2D eigenvalue weighted by atomic mass is 19.4. The van der Waals surface area contributed by atoms with Crippen molar-refractivity contribution in [2.75, 3.05) is 19.6 Å². The van der Waals surface area contributed by atoms with Crippen LogP contribution in [0, 0.1) is 5.92 Å². The third kappa shape index (κ3) is 15.3. The van der Waals surface area contributed by atoms with Gasteiger partial charge in [0.25, 0.3) is 0 Å². The first-order valence-electron chi connectivity index (χ1n) is 16.6. The molecule has 0 bridgehead atoms. The van der Waals surface area contributed by atoms with E-state index < -0.39 is 30.1 Å². The van der Waals surface area contributed by atoms with Crippen LogP contribution in [0.15, 0.2) is 89.9 Å². The van der Waals surface area contributed by atoms with E-state index in [1.54, 1.807) is 12.1 Å². The maximum Gasteiger partial charge on any atom is 0.490 e. The SMILES string of the molecule is NC(=NCCC[C@@H](NC(=O)C(c1ccccc1)c1ccccc1)C(=O)NCc1ccc(O)cc1)NC(=O)NCCNC(=O)C1CC1.O=C(O)C(F)(F)F. The van der Waals surface area contributed by atoms with Crippen molar-refractivity contribution in [3.05, 3.63) is 102 Å². The lowest BCUT2D eigenvalue weighted by Gasteiger charge is -2.23. The maximum absolute atomic E-state index is 13.8. The number of nitrogens with zero attached hydrogens (tertiary/aromatic N) is 1. The van der Waals surface area contributed by atoms with Crippen molar-refractivity contribution in [1.82, 2.24) is 26.6 Å². The number of nitrogens with two attached hydrogens (primary N) is 1. The van der Waals surface area contributed by atoms with E-state index in [2.05, 4.69) is 31.6 Å². The van der Waals surface area contributed by atoms with E-state index in [4.69, 9.17) is 15.6 Å². The van der Waals surface area contributed by atoms with Crippen molar-refractivity contribution in [3.63, 3.8) is 0 Å². The number of phenolic OH excluding ortho intramolecular Hbond substituents is 1. The van der Waals surface area contributed by atoms with Crippen LogP contribution in [0.4, 0.5) is 18.0 Å². The number of benzene rings is 3. The quantitative estimate of drug-likeness (QED) is 0.0656. The molecule has 0 heterocycles. The van der Waals surface area contributed by atoms with Crippen LogP contribution < -0.4 is 32.3 Å². The number of aliphatic carboxylic acids is 1. The molecule has 0 aromatic heterocycles. The molecule has 284 valence electrons. The summed E-state index contributed by atoms with van der Waals surface area (Å²) >= 11 is 0. The highest BCUT2D eigenvalue weighted by Crippen LogP contribution is 2.28. The minimum Gasteiger partial charge on any atom is -0.508 e. The van der Waals surface area contributed by atoms with E-state index >= 15 is 0 Å². The third-order valence-corrected chi connectivity index (χ3v) is 7.64.